The molecule has 242 valence electrons. The van der Waals surface area contributed by atoms with E-state index in [2.05, 4.69) is 114 Å². The normalized spacial score (nSPS) is 16.4. The topological polar surface area (TPSA) is 75.8 Å². The number of hydrogen-bond acceptors (Lipinski definition) is 6. The Morgan fingerprint density at radius 1 is 0.451 bits per heavy atom. The van der Waals surface area contributed by atoms with E-state index >= 15 is 0 Å². The first kappa shape index (κ1) is 28.2. The van der Waals surface area contributed by atoms with Gasteiger partial charge in [0.2, 0.25) is 0 Å². The van der Waals surface area contributed by atoms with Crippen molar-refractivity contribution in [2.75, 3.05) is 0 Å². The Morgan fingerprint density at radius 3 is 1.96 bits per heavy atom. The summed E-state index contributed by atoms with van der Waals surface area (Å²) in [7, 11) is 0. The van der Waals surface area contributed by atoms with Gasteiger partial charge >= 0.3 is 0 Å². The minimum atomic E-state index is -0.290. The van der Waals surface area contributed by atoms with Crippen LogP contribution in [0, 0.1) is 0 Å². The molecule has 0 spiro atoms. The molecule has 51 heavy (non-hydrogen) atoms. The zero-order valence-corrected chi connectivity index (χ0v) is 27.3. The molecule has 6 heteroatoms. The van der Waals surface area contributed by atoms with Gasteiger partial charge in [0.15, 0.2) is 0 Å². The number of aliphatic imine (C=N–C) groups is 1. The molecule has 7 aromatic carbocycles. The highest BCUT2D eigenvalue weighted by Gasteiger charge is 2.28. The lowest BCUT2D eigenvalue weighted by molar-refractivity contribution is 0.408. The van der Waals surface area contributed by atoms with Crippen LogP contribution in [0.25, 0.3) is 76.9 Å². The van der Waals surface area contributed by atoms with Crippen LogP contribution in [0.15, 0.2) is 170 Å². The van der Waals surface area contributed by atoms with E-state index in [-0.39, 0.29) is 12.3 Å². The van der Waals surface area contributed by atoms with Crippen LogP contribution in [0.1, 0.15) is 29.0 Å². The highest BCUT2D eigenvalue weighted by atomic mass is 16.3. The zero-order chi connectivity index (χ0) is 33.5. The monoisotopic (exact) mass is 659 g/mol. The second kappa shape index (κ2) is 10.9. The van der Waals surface area contributed by atoms with Gasteiger partial charge in [0.1, 0.15) is 51.7 Å². The van der Waals surface area contributed by atoms with Crippen molar-refractivity contribution in [3.8, 4) is 11.1 Å². The van der Waals surface area contributed by atoms with Crippen molar-refractivity contribution in [2.45, 2.75) is 12.3 Å². The minimum absolute atomic E-state index is 0.283. The maximum Gasteiger partial charge on any atom is 0.143 e. The van der Waals surface area contributed by atoms with Crippen molar-refractivity contribution in [2.24, 2.45) is 4.99 Å². The van der Waals surface area contributed by atoms with E-state index in [4.69, 9.17) is 18.2 Å². The maximum absolute atomic E-state index is 6.68. The third kappa shape index (κ3) is 4.43. The summed E-state index contributed by atoms with van der Waals surface area (Å²) in [6, 6.07) is 52.1. The third-order valence-electron chi connectivity index (χ3n) is 10.2. The third-order valence-corrected chi connectivity index (χ3v) is 10.2. The smallest absolute Gasteiger partial charge is 0.143 e. The van der Waals surface area contributed by atoms with Gasteiger partial charge in [-0.25, -0.2) is 4.99 Å². The van der Waals surface area contributed by atoms with Gasteiger partial charge in [0, 0.05) is 49.0 Å². The summed E-state index contributed by atoms with van der Waals surface area (Å²) in [5, 5.41) is 14.0. The second-order valence-corrected chi connectivity index (χ2v) is 13.2. The Bertz CT molecular complexity index is 3000. The molecule has 0 saturated carbocycles. The number of nitrogens with zero attached hydrogens (tertiary/aromatic N) is 1. The van der Waals surface area contributed by atoms with E-state index in [1.54, 1.807) is 0 Å². The molecule has 0 bridgehead atoms. The standard InChI is InChI=1S/C45H29N3O3/c1-2-10-26(11-3-1)43-46-44(28-20-22-32-30-12-4-6-18-37(30)49-40(32)25-28)48-45(47-43)35-17-9-16-34-36-24-27(21-23-39(36)51-42(34)35)29-14-8-15-33-31-13-5-7-19-38(31)50-41(29)33/h1-25,43,45,47H,(H,46,48). The predicted octanol–water partition coefficient (Wildman–Crippen LogP) is 11.4. The molecule has 0 fully saturated rings. The van der Waals surface area contributed by atoms with Gasteiger partial charge in [-0.2, -0.15) is 0 Å². The number of nitrogens with one attached hydrogen (secondary N) is 2. The molecule has 6 nitrogen and oxygen atoms in total. The Balaban J connectivity index is 1.02. The molecular weight excluding hydrogens is 631 g/mol. The molecule has 1 aliphatic heterocycles. The van der Waals surface area contributed by atoms with Gasteiger partial charge in [0.25, 0.3) is 0 Å². The van der Waals surface area contributed by atoms with Crippen molar-refractivity contribution in [1.82, 2.24) is 10.6 Å². The highest BCUT2D eigenvalue weighted by Crippen LogP contribution is 2.40. The molecule has 4 heterocycles. The number of para-hydroxylation sites is 4. The van der Waals surface area contributed by atoms with E-state index in [9.17, 15) is 0 Å². The number of rotatable bonds is 4. The Hall–Kier alpha value is -6.63. The van der Waals surface area contributed by atoms with Crippen LogP contribution in [0.3, 0.4) is 0 Å². The molecule has 0 aliphatic carbocycles. The summed E-state index contributed by atoms with van der Waals surface area (Å²) in [6.07, 6.45) is -0.573. The summed E-state index contributed by atoms with van der Waals surface area (Å²) in [4.78, 5) is 5.18. The van der Waals surface area contributed by atoms with Crippen LogP contribution >= 0.6 is 0 Å². The summed E-state index contributed by atoms with van der Waals surface area (Å²) >= 11 is 0. The number of benzene rings is 7. The number of amidine groups is 1. The van der Waals surface area contributed by atoms with E-state index in [0.717, 1.165) is 99.5 Å². The largest absolute Gasteiger partial charge is 0.456 e. The fourth-order valence-electron chi connectivity index (χ4n) is 7.73. The average Bonchev–Trinajstić information content (AvgIpc) is 3.88. The van der Waals surface area contributed by atoms with Crippen LogP contribution in [0.4, 0.5) is 0 Å². The summed E-state index contributed by atoms with van der Waals surface area (Å²) in [6.45, 7) is 0. The summed E-state index contributed by atoms with van der Waals surface area (Å²) < 4.78 is 19.3. The lowest BCUT2D eigenvalue weighted by Crippen LogP contribution is -2.45. The highest BCUT2D eigenvalue weighted by molar-refractivity contribution is 6.12. The number of hydrogen-bond donors (Lipinski definition) is 2. The van der Waals surface area contributed by atoms with Crippen molar-refractivity contribution < 1.29 is 13.3 Å². The van der Waals surface area contributed by atoms with E-state index in [1.807, 2.05) is 48.5 Å². The molecule has 2 unspecified atom stereocenters. The van der Waals surface area contributed by atoms with Crippen LogP contribution in [0.5, 0.6) is 0 Å². The van der Waals surface area contributed by atoms with Crippen LogP contribution in [0.2, 0.25) is 0 Å². The van der Waals surface area contributed by atoms with Crippen molar-refractivity contribution >= 4 is 71.7 Å². The van der Waals surface area contributed by atoms with Gasteiger partial charge in [-0.1, -0.05) is 115 Å². The van der Waals surface area contributed by atoms with E-state index < -0.39 is 0 Å². The fraction of sp³-hybridized carbons (Fsp3) is 0.0444. The first-order valence-corrected chi connectivity index (χ1v) is 17.2. The SMILES string of the molecule is c1ccc(C2N=C(c3ccc4c(c3)oc3ccccc34)NC(c3cccc4c3oc3ccc(-c5cccc6c5oc5ccccc56)cc34)N2)cc1. The molecule has 1 aliphatic rings. The van der Waals surface area contributed by atoms with Crippen molar-refractivity contribution in [1.29, 1.82) is 0 Å². The lowest BCUT2D eigenvalue weighted by Gasteiger charge is -2.32. The second-order valence-electron chi connectivity index (χ2n) is 13.2. The van der Waals surface area contributed by atoms with Gasteiger partial charge < -0.3 is 18.6 Å². The minimum Gasteiger partial charge on any atom is -0.456 e. The average molecular weight is 660 g/mol. The lowest BCUT2D eigenvalue weighted by atomic mass is 9.99. The number of furan rings is 3. The quantitative estimate of drug-likeness (QED) is 0.197. The molecule has 0 amide bonds. The van der Waals surface area contributed by atoms with Crippen molar-refractivity contribution in [3.63, 3.8) is 0 Å². The van der Waals surface area contributed by atoms with Crippen LogP contribution in [-0.4, -0.2) is 5.84 Å². The molecule has 0 radical (unpaired) electrons. The Labute approximate surface area is 291 Å². The molecule has 10 aromatic rings. The molecule has 11 rings (SSSR count). The molecular formula is C45H29N3O3. The Morgan fingerprint density at radius 2 is 1.10 bits per heavy atom. The van der Waals surface area contributed by atoms with Crippen molar-refractivity contribution in [3.05, 3.63) is 168 Å². The van der Waals surface area contributed by atoms with Gasteiger partial charge in [-0.3, -0.25) is 5.32 Å². The zero-order valence-electron chi connectivity index (χ0n) is 27.3. The first-order chi connectivity index (χ1) is 25.2. The molecule has 2 atom stereocenters. The van der Waals surface area contributed by atoms with E-state index in [0.29, 0.717) is 0 Å². The van der Waals surface area contributed by atoms with Gasteiger partial charge in [0.05, 0.1) is 0 Å². The van der Waals surface area contributed by atoms with Crippen LogP contribution < -0.4 is 10.6 Å². The molecule has 0 saturated heterocycles. The fourth-order valence-corrected chi connectivity index (χ4v) is 7.73. The summed E-state index contributed by atoms with van der Waals surface area (Å²) in [5.74, 6) is 0.782. The molecule has 3 aromatic heterocycles. The predicted molar refractivity (Wildman–Crippen MR) is 205 cm³/mol. The van der Waals surface area contributed by atoms with Crippen LogP contribution in [-0.2, 0) is 0 Å². The van der Waals surface area contributed by atoms with E-state index in [1.165, 1.54) is 0 Å². The summed E-state index contributed by atoms with van der Waals surface area (Å²) in [5.41, 5.74) is 10.3. The van der Waals surface area contributed by atoms with Gasteiger partial charge in [-0.05, 0) is 47.5 Å². The first-order valence-electron chi connectivity index (χ1n) is 17.2. The van der Waals surface area contributed by atoms with Gasteiger partial charge in [-0.15, -0.1) is 0 Å². The Kier molecular flexibility index (Phi) is 6.05. The maximum atomic E-state index is 6.68. The molecule has 2 N–H and O–H groups in total. The number of fused-ring (bicyclic) bond motifs is 9.